The van der Waals surface area contributed by atoms with Gasteiger partial charge in [0.25, 0.3) is 0 Å². The van der Waals surface area contributed by atoms with Crippen molar-refractivity contribution < 1.29 is 24.2 Å². The molecule has 6 nitrogen and oxygen atoms in total. The molecule has 0 aliphatic heterocycles. The molecule has 30 heavy (non-hydrogen) atoms. The number of aliphatic hydroxyl groups is 1. The molecule has 0 saturated heterocycles. The summed E-state index contributed by atoms with van der Waals surface area (Å²) in [6, 6.07) is 14.5. The van der Waals surface area contributed by atoms with E-state index in [1.165, 1.54) is 20.3 Å². The topological polar surface area (TPSA) is 84.9 Å². The molecule has 0 unspecified atom stereocenters. The van der Waals surface area contributed by atoms with Gasteiger partial charge in [-0.05, 0) is 47.2 Å². The second-order valence-electron chi connectivity index (χ2n) is 6.58. The van der Waals surface area contributed by atoms with Gasteiger partial charge in [0, 0.05) is 35.0 Å². The van der Waals surface area contributed by atoms with Crippen LogP contribution in [0.15, 0.2) is 54.6 Å². The van der Waals surface area contributed by atoms with Gasteiger partial charge in [-0.15, -0.1) is 0 Å². The van der Waals surface area contributed by atoms with Crippen LogP contribution in [-0.2, 0) is 0 Å². The van der Waals surface area contributed by atoms with Gasteiger partial charge in [-0.25, -0.2) is 0 Å². The van der Waals surface area contributed by atoms with E-state index in [0.717, 1.165) is 16.5 Å². The van der Waals surface area contributed by atoms with E-state index in [4.69, 9.17) is 14.6 Å². The lowest BCUT2D eigenvalue weighted by Gasteiger charge is -2.10. The Morgan fingerprint density at radius 1 is 1.03 bits per heavy atom. The third kappa shape index (κ3) is 4.67. The van der Waals surface area contributed by atoms with Gasteiger partial charge in [0.1, 0.15) is 11.5 Å². The van der Waals surface area contributed by atoms with Crippen LogP contribution in [0.2, 0.25) is 0 Å². The quantitative estimate of drug-likeness (QED) is 0.318. The number of rotatable bonds is 9. The number of anilines is 1. The third-order valence-corrected chi connectivity index (χ3v) is 4.70. The summed E-state index contributed by atoms with van der Waals surface area (Å²) in [4.78, 5) is 24.2. The Morgan fingerprint density at radius 2 is 1.80 bits per heavy atom. The first-order valence-corrected chi connectivity index (χ1v) is 9.41. The molecule has 6 heteroatoms. The number of aliphatic hydroxyl groups excluding tert-OH is 1. The first kappa shape index (κ1) is 21.1. The average Bonchev–Trinajstić information content (AvgIpc) is 2.79. The molecule has 0 aliphatic carbocycles. The minimum Gasteiger partial charge on any atom is -0.497 e. The molecule has 2 N–H and O–H groups in total. The number of carbonyl (C=O) groups excluding carboxylic acids is 2. The molecule has 0 spiro atoms. The van der Waals surface area contributed by atoms with Gasteiger partial charge in [0.15, 0.2) is 12.1 Å². The maximum absolute atomic E-state index is 12.7. The number of methoxy groups -OCH3 is 2. The van der Waals surface area contributed by atoms with Crippen molar-refractivity contribution in [3.63, 3.8) is 0 Å². The Hall–Kier alpha value is -3.64. The summed E-state index contributed by atoms with van der Waals surface area (Å²) in [6.07, 6.45) is 3.71. The van der Waals surface area contributed by atoms with Crippen molar-refractivity contribution in [2.75, 3.05) is 32.7 Å². The first-order chi connectivity index (χ1) is 14.6. The Morgan fingerprint density at radius 3 is 2.50 bits per heavy atom. The summed E-state index contributed by atoms with van der Waals surface area (Å²) < 4.78 is 10.5. The molecule has 0 atom stereocenters. The number of carbonyl (C=O) groups is 2. The minimum absolute atomic E-state index is 0.0581. The van der Waals surface area contributed by atoms with Crippen LogP contribution in [0.5, 0.6) is 11.5 Å². The highest BCUT2D eigenvalue weighted by Crippen LogP contribution is 2.29. The molecule has 0 aromatic heterocycles. The summed E-state index contributed by atoms with van der Waals surface area (Å²) in [5.41, 5.74) is 2.33. The number of benzene rings is 3. The normalized spacial score (nSPS) is 10.9. The van der Waals surface area contributed by atoms with Crippen molar-refractivity contribution in [2.24, 2.45) is 0 Å². The number of hydrogen-bond donors (Lipinski definition) is 2. The van der Waals surface area contributed by atoms with Crippen LogP contribution in [0.25, 0.3) is 16.8 Å². The molecule has 0 fully saturated rings. The third-order valence-electron chi connectivity index (χ3n) is 4.70. The van der Waals surface area contributed by atoms with Gasteiger partial charge in [-0.2, -0.15) is 0 Å². The van der Waals surface area contributed by atoms with Crippen LogP contribution >= 0.6 is 0 Å². The standard InChI is InChI=1S/C24H23NO5/c1-29-21-13-19(15-27)22(24(14-21)30-2)7-8-23(28)18-4-3-17-12-20(25-9-10-26)6-5-16(17)11-18/h3-8,11-15,25-26H,9-10H2,1-2H3/b8-7+. The van der Waals surface area contributed by atoms with Crippen LogP contribution < -0.4 is 14.8 Å². The van der Waals surface area contributed by atoms with Gasteiger partial charge in [0.05, 0.1) is 20.8 Å². The zero-order chi connectivity index (χ0) is 21.5. The van der Waals surface area contributed by atoms with Crippen molar-refractivity contribution in [1.29, 1.82) is 0 Å². The number of nitrogens with one attached hydrogen (secondary N) is 1. The van der Waals surface area contributed by atoms with E-state index >= 15 is 0 Å². The highest BCUT2D eigenvalue weighted by Gasteiger charge is 2.11. The SMILES string of the molecule is COc1cc(C=O)c(/C=C/C(=O)c2ccc3cc(NCCO)ccc3c2)c(OC)c1. The minimum atomic E-state index is -0.186. The molecule has 3 aromatic carbocycles. The monoisotopic (exact) mass is 405 g/mol. The van der Waals surface area contributed by atoms with Gasteiger partial charge in [-0.3, -0.25) is 9.59 Å². The van der Waals surface area contributed by atoms with E-state index < -0.39 is 0 Å². The van der Waals surface area contributed by atoms with Crippen LogP contribution in [0.3, 0.4) is 0 Å². The maximum Gasteiger partial charge on any atom is 0.185 e. The van der Waals surface area contributed by atoms with Gasteiger partial charge in [0.2, 0.25) is 0 Å². The van der Waals surface area contributed by atoms with E-state index in [9.17, 15) is 9.59 Å². The molecule has 0 radical (unpaired) electrons. The molecule has 0 saturated carbocycles. The van der Waals surface area contributed by atoms with Gasteiger partial charge < -0.3 is 19.9 Å². The van der Waals surface area contributed by atoms with Crippen LogP contribution in [0.1, 0.15) is 26.3 Å². The summed E-state index contributed by atoms with van der Waals surface area (Å²) in [5, 5.41) is 14.0. The Kier molecular flexibility index (Phi) is 6.83. The highest BCUT2D eigenvalue weighted by atomic mass is 16.5. The van der Waals surface area contributed by atoms with Crippen molar-refractivity contribution >= 4 is 34.6 Å². The lowest BCUT2D eigenvalue weighted by molar-refractivity contribution is 0.104. The van der Waals surface area contributed by atoms with Gasteiger partial charge in [-0.1, -0.05) is 18.2 Å². The highest BCUT2D eigenvalue weighted by molar-refractivity contribution is 6.09. The second kappa shape index (κ2) is 9.71. The Labute approximate surface area is 174 Å². The van der Waals surface area contributed by atoms with E-state index in [0.29, 0.717) is 41.0 Å². The summed E-state index contributed by atoms with van der Waals surface area (Å²) in [6.45, 7) is 0.535. The molecule has 0 bridgehead atoms. The Bertz CT molecular complexity index is 1100. The molecular formula is C24H23NO5. The zero-order valence-electron chi connectivity index (χ0n) is 16.8. The second-order valence-corrected chi connectivity index (χ2v) is 6.58. The summed E-state index contributed by atoms with van der Waals surface area (Å²) >= 11 is 0. The fourth-order valence-electron chi connectivity index (χ4n) is 3.15. The van der Waals surface area contributed by atoms with Gasteiger partial charge >= 0.3 is 0 Å². The van der Waals surface area contributed by atoms with Crippen molar-refractivity contribution in [3.05, 3.63) is 71.3 Å². The average molecular weight is 405 g/mol. The molecule has 0 aliphatic rings. The smallest absolute Gasteiger partial charge is 0.185 e. The van der Waals surface area contributed by atoms with E-state index in [1.807, 2.05) is 30.3 Å². The van der Waals surface area contributed by atoms with E-state index in [2.05, 4.69) is 5.32 Å². The lowest BCUT2D eigenvalue weighted by Crippen LogP contribution is -2.05. The number of allylic oxidation sites excluding steroid dienone is 1. The van der Waals surface area contributed by atoms with Crippen LogP contribution in [0, 0.1) is 0 Å². The summed E-state index contributed by atoms with van der Waals surface area (Å²) in [5.74, 6) is 0.760. The zero-order valence-corrected chi connectivity index (χ0v) is 16.8. The maximum atomic E-state index is 12.7. The number of ether oxygens (including phenoxy) is 2. The number of aldehydes is 1. The van der Waals surface area contributed by atoms with Crippen LogP contribution in [-0.4, -0.2) is 44.5 Å². The predicted molar refractivity (Wildman–Crippen MR) is 118 cm³/mol. The molecule has 0 amide bonds. The van der Waals surface area contributed by atoms with Crippen molar-refractivity contribution in [3.8, 4) is 11.5 Å². The molecular weight excluding hydrogens is 382 g/mol. The molecule has 0 heterocycles. The number of ketones is 1. The summed E-state index contributed by atoms with van der Waals surface area (Å²) in [7, 11) is 3.00. The molecule has 3 rings (SSSR count). The Balaban J connectivity index is 1.87. The number of fused-ring (bicyclic) bond motifs is 1. The van der Waals surface area contributed by atoms with Crippen LogP contribution in [0.4, 0.5) is 5.69 Å². The van der Waals surface area contributed by atoms with Crippen molar-refractivity contribution in [1.82, 2.24) is 0 Å². The largest absolute Gasteiger partial charge is 0.497 e. The first-order valence-electron chi connectivity index (χ1n) is 9.41. The van der Waals surface area contributed by atoms with E-state index in [1.54, 1.807) is 24.3 Å². The molecule has 154 valence electrons. The fraction of sp³-hybridized carbons (Fsp3) is 0.167. The molecule has 3 aromatic rings. The number of hydrogen-bond acceptors (Lipinski definition) is 6. The lowest BCUT2D eigenvalue weighted by atomic mass is 10.0. The predicted octanol–water partition coefficient (Wildman–Crippen LogP) is 3.97. The van der Waals surface area contributed by atoms with E-state index in [-0.39, 0.29) is 12.4 Å². The van der Waals surface area contributed by atoms with Crippen molar-refractivity contribution in [2.45, 2.75) is 0 Å². The fourth-order valence-corrected chi connectivity index (χ4v) is 3.15.